The Morgan fingerprint density at radius 2 is 2.20 bits per heavy atom. The van der Waals surface area contributed by atoms with Gasteiger partial charge >= 0.3 is 5.97 Å². The molecule has 0 bridgehead atoms. The van der Waals surface area contributed by atoms with Crippen LogP contribution in [0, 0.1) is 0 Å². The van der Waals surface area contributed by atoms with Crippen LogP contribution in [-0.4, -0.2) is 65.1 Å². The summed E-state index contributed by atoms with van der Waals surface area (Å²) in [4.78, 5) is 15.0. The van der Waals surface area contributed by atoms with Crippen molar-refractivity contribution in [2.45, 2.75) is 25.4 Å². The molecule has 1 unspecified atom stereocenters. The summed E-state index contributed by atoms with van der Waals surface area (Å²) >= 11 is 0. The first kappa shape index (κ1) is 16.7. The monoisotopic (exact) mass is 287 g/mol. The van der Waals surface area contributed by atoms with Gasteiger partial charge in [-0.25, -0.2) is 0 Å². The summed E-state index contributed by atoms with van der Waals surface area (Å²) in [5.41, 5.74) is 0. The second kappa shape index (κ2) is 10.4. The van der Waals surface area contributed by atoms with Crippen LogP contribution >= 0.6 is 0 Å². The highest BCUT2D eigenvalue weighted by Gasteiger charge is 2.15. The van der Waals surface area contributed by atoms with E-state index in [1.54, 1.807) is 7.05 Å². The average Bonchev–Trinajstić information content (AvgIpc) is 2.98. The number of nitrogens with one attached hydrogen (secondary N) is 2. The molecule has 116 valence electrons. The number of methoxy groups -OCH3 is 1. The van der Waals surface area contributed by atoms with Crippen LogP contribution in [0.4, 0.5) is 0 Å². The van der Waals surface area contributed by atoms with Crippen molar-refractivity contribution in [2.75, 3.05) is 47.1 Å². The first-order chi connectivity index (χ1) is 9.76. The maximum Gasteiger partial charge on any atom is 0.307 e. The molecule has 0 aromatic carbocycles. The van der Waals surface area contributed by atoms with Crippen molar-refractivity contribution >= 4 is 11.9 Å². The summed E-state index contributed by atoms with van der Waals surface area (Å²) in [6.45, 7) is 3.50. The van der Waals surface area contributed by atoms with E-state index in [4.69, 9.17) is 9.47 Å². The molecule has 1 atom stereocenters. The third kappa shape index (κ3) is 7.30. The van der Waals surface area contributed by atoms with Gasteiger partial charge in [-0.15, -0.1) is 0 Å². The minimum Gasteiger partial charge on any atom is -0.469 e. The molecule has 1 saturated heterocycles. The molecule has 0 aliphatic carbocycles. The first-order valence-electron chi connectivity index (χ1n) is 6.97. The Labute approximate surface area is 120 Å². The van der Waals surface area contributed by atoms with Crippen molar-refractivity contribution in [2.24, 2.45) is 4.99 Å². The molecule has 1 fully saturated rings. The highest BCUT2D eigenvalue weighted by molar-refractivity contribution is 5.80. The minimum atomic E-state index is -0.236. The number of carbonyl (C=O) groups excluding carboxylic acids is 1. The number of aliphatic imine (C=N–C) groups is 1. The summed E-state index contributed by atoms with van der Waals surface area (Å²) in [6.07, 6.45) is 2.47. The molecular weight excluding hydrogens is 262 g/mol. The van der Waals surface area contributed by atoms with Gasteiger partial charge in [0.1, 0.15) is 0 Å². The summed E-state index contributed by atoms with van der Waals surface area (Å²) in [6, 6.07) is 0. The van der Waals surface area contributed by atoms with Crippen molar-refractivity contribution in [3.8, 4) is 0 Å². The summed E-state index contributed by atoms with van der Waals surface area (Å²) in [5, 5.41) is 6.21. The van der Waals surface area contributed by atoms with Crippen molar-refractivity contribution in [1.82, 2.24) is 10.6 Å². The number of carbonyl (C=O) groups is 1. The average molecular weight is 287 g/mol. The van der Waals surface area contributed by atoms with Crippen LogP contribution in [-0.2, 0) is 19.0 Å². The second-order valence-electron chi connectivity index (χ2n) is 4.46. The van der Waals surface area contributed by atoms with Crippen LogP contribution in [0.2, 0.25) is 0 Å². The highest BCUT2D eigenvalue weighted by Crippen LogP contribution is 2.07. The molecule has 1 heterocycles. The summed E-state index contributed by atoms with van der Waals surface area (Å²) < 4.78 is 15.5. The smallest absolute Gasteiger partial charge is 0.307 e. The van der Waals surface area contributed by atoms with E-state index in [0.29, 0.717) is 32.1 Å². The zero-order valence-electron chi connectivity index (χ0n) is 12.3. The molecule has 7 heteroatoms. The topological polar surface area (TPSA) is 81.2 Å². The zero-order chi connectivity index (χ0) is 14.6. The lowest BCUT2D eigenvalue weighted by atomic mass is 10.3. The van der Waals surface area contributed by atoms with Gasteiger partial charge in [-0.05, 0) is 12.8 Å². The van der Waals surface area contributed by atoms with Crippen molar-refractivity contribution in [3.05, 3.63) is 0 Å². The van der Waals surface area contributed by atoms with E-state index in [9.17, 15) is 4.79 Å². The van der Waals surface area contributed by atoms with Crippen LogP contribution in [0.5, 0.6) is 0 Å². The fraction of sp³-hybridized carbons (Fsp3) is 0.846. The van der Waals surface area contributed by atoms with Gasteiger partial charge < -0.3 is 24.8 Å². The molecule has 1 rings (SSSR count). The predicted molar refractivity (Wildman–Crippen MR) is 75.8 cm³/mol. The Morgan fingerprint density at radius 3 is 2.85 bits per heavy atom. The Morgan fingerprint density at radius 1 is 1.40 bits per heavy atom. The molecule has 1 aliphatic rings. The fourth-order valence-corrected chi connectivity index (χ4v) is 1.78. The van der Waals surface area contributed by atoms with Crippen molar-refractivity contribution < 1.29 is 19.0 Å². The lowest BCUT2D eigenvalue weighted by molar-refractivity contribution is -0.140. The molecule has 2 N–H and O–H groups in total. The third-order valence-corrected chi connectivity index (χ3v) is 2.93. The minimum absolute atomic E-state index is 0.236. The Balaban J connectivity index is 1.98. The SMILES string of the molecule is CN=C(NCCCOC1CCOC1)NCCC(=O)OC. The number of esters is 1. The molecule has 20 heavy (non-hydrogen) atoms. The van der Waals surface area contributed by atoms with Gasteiger partial charge in [0.25, 0.3) is 0 Å². The lowest BCUT2D eigenvalue weighted by Crippen LogP contribution is -2.39. The number of guanidine groups is 1. The van der Waals surface area contributed by atoms with Gasteiger partial charge in [0, 0.05) is 33.4 Å². The lowest BCUT2D eigenvalue weighted by Gasteiger charge is -2.12. The molecule has 0 aromatic rings. The summed E-state index contributed by atoms with van der Waals surface area (Å²) in [7, 11) is 3.07. The standard InChI is InChI=1S/C13H25N3O4/c1-14-13(16-7-4-12(17)18-2)15-6-3-8-20-11-5-9-19-10-11/h11H,3-10H2,1-2H3,(H2,14,15,16). The largest absolute Gasteiger partial charge is 0.469 e. The first-order valence-corrected chi connectivity index (χ1v) is 6.97. The van der Waals surface area contributed by atoms with E-state index in [0.717, 1.165) is 26.0 Å². The molecule has 0 amide bonds. The second-order valence-corrected chi connectivity index (χ2v) is 4.46. The van der Waals surface area contributed by atoms with E-state index < -0.39 is 0 Å². The molecule has 0 aromatic heterocycles. The third-order valence-electron chi connectivity index (χ3n) is 2.93. The maximum atomic E-state index is 11.0. The van der Waals surface area contributed by atoms with E-state index in [-0.39, 0.29) is 12.1 Å². The molecular formula is C13H25N3O4. The van der Waals surface area contributed by atoms with E-state index in [1.807, 2.05) is 0 Å². The van der Waals surface area contributed by atoms with E-state index in [2.05, 4.69) is 20.4 Å². The van der Waals surface area contributed by atoms with Crippen LogP contribution in [0.15, 0.2) is 4.99 Å². The van der Waals surface area contributed by atoms with Crippen molar-refractivity contribution in [1.29, 1.82) is 0 Å². The Bertz CT molecular complexity index is 304. The number of nitrogens with zero attached hydrogens (tertiary/aromatic N) is 1. The zero-order valence-corrected chi connectivity index (χ0v) is 12.3. The molecule has 7 nitrogen and oxygen atoms in total. The van der Waals surface area contributed by atoms with Gasteiger partial charge in [-0.3, -0.25) is 9.79 Å². The van der Waals surface area contributed by atoms with Gasteiger partial charge in [0.15, 0.2) is 5.96 Å². The van der Waals surface area contributed by atoms with Crippen LogP contribution in [0.25, 0.3) is 0 Å². The van der Waals surface area contributed by atoms with Crippen molar-refractivity contribution in [3.63, 3.8) is 0 Å². The molecule has 0 saturated carbocycles. The van der Waals surface area contributed by atoms with E-state index in [1.165, 1.54) is 7.11 Å². The van der Waals surface area contributed by atoms with Gasteiger partial charge in [-0.2, -0.15) is 0 Å². The van der Waals surface area contributed by atoms with Crippen LogP contribution < -0.4 is 10.6 Å². The quantitative estimate of drug-likeness (QED) is 0.281. The Hall–Kier alpha value is -1.34. The van der Waals surface area contributed by atoms with Gasteiger partial charge in [0.05, 0.1) is 26.2 Å². The molecule has 0 spiro atoms. The number of ether oxygens (including phenoxy) is 3. The van der Waals surface area contributed by atoms with Crippen LogP contribution in [0.1, 0.15) is 19.3 Å². The maximum absolute atomic E-state index is 11.0. The highest BCUT2D eigenvalue weighted by atomic mass is 16.5. The fourth-order valence-electron chi connectivity index (χ4n) is 1.78. The normalized spacial score (nSPS) is 18.9. The number of hydrogen-bond acceptors (Lipinski definition) is 5. The number of hydrogen-bond donors (Lipinski definition) is 2. The molecule has 1 aliphatic heterocycles. The van der Waals surface area contributed by atoms with E-state index >= 15 is 0 Å². The predicted octanol–water partition coefficient (Wildman–Crippen LogP) is -0.0899. The van der Waals surface area contributed by atoms with Gasteiger partial charge in [-0.1, -0.05) is 0 Å². The Kier molecular flexibility index (Phi) is 8.73. The summed E-state index contributed by atoms with van der Waals surface area (Å²) in [5.74, 6) is 0.443. The van der Waals surface area contributed by atoms with Crippen LogP contribution in [0.3, 0.4) is 0 Å². The number of rotatable bonds is 8. The van der Waals surface area contributed by atoms with Gasteiger partial charge in [0.2, 0.25) is 0 Å². The molecule has 0 radical (unpaired) electrons.